The van der Waals surface area contributed by atoms with E-state index in [-0.39, 0.29) is 11.7 Å². The molecule has 0 amide bonds. The van der Waals surface area contributed by atoms with E-state index in [2.05, 4.69) is 0 Å². The van der Waals surface area contributed by atoms with Crippen molar-refractivity contribution in [1.29, 1.82) is 0 Å². The highest BCUT2D eigenvalue weighted by Gasteiger charge is 2.17. The monoisotopic (exact) mass is 264 g/mol. The van der Waals surface area contributed by atoms with Crippen LogP contribution in [0.4, 0.5) is 4.39 Å². The predicted octanol–water partition coefficient (Wildman–Crippen LogP) is 4.59. The van der Waals surface area contributed by atoms with Crippen LogP contribution in [0.2, 0.25) is 0 Å². The summed E-state index contributed by atoms with van der Waals surface area (Å²) in [6.07, 6.45) is 7.07. The van der Waals surface area contributed by atoms with Gasteiger partial charge in [0.15, 0.2) is 11.5 Å². The maximum atomic E-state index is 14.2. The summed E-state index contributed by atoms with van der Waals surface area (Å²) in [5.74, 6) is 1.39. The molecule has 104 valence electrons. The molecule has 1 aliphatic rings. The third-order valence-corrected chi connectivity index (χ3v) is 3.71. The van der Waals surface area contributed by atoms with Crippen molar-refractivity contribution < 1.29 is 13.9 Å². The zero-order valence-corrected chi connectivity index (χ0v) is 11.6. The first-order chi connectivity index (χ1) is 9.24. The summed E-state index contributed by atoms with van der Waals surface area (Å²) >= 11 is 0. The summed E-state index contributed by atoms with van der Waals surface area (Å²) < 4.78 is 24.6. The molecule has 0 aromatic heterocycles. The Morgan fingerprint density at radius 2 is 1.79 bits per heavy atom. The molecule has 1 saturated carbocycles. The highest BCUT2D eigenvalue weighted by atomic mass is 19.1. The molecule has 1 aromatic carbocycles. The highest BCUT2D eigenvalue weighted by molar-refractivity contribution is 5.57. The van der Waals surface area contributed by atoms with Gasteiger partial charge in [-0.05, 0) is 36.6 Å². The molecule has 0 heterocycles. The second kappa shape index (κ2) is 6.60. The zero-order chi connectivity index (χ0) is 13.7. The van der Waals surface area contributed by atoms with Gasteiger partial charge in [-0.2, -0.15) is 0 Å². The molecular formula is C16H21FO2. The lowest BCUT2D eigenvalue weighted by Crippen LogP contribution is -2.06. The van der Waals surface area contributed by atoms with Gasteiger partial charge in [-0.3, -0.25) is 0 Å². The van der Waals surface area contributed by atoms with Crippen LogP contribution in [0.1, 0.15) is 37.7 Å². The van der Waals surface area contributed by atoms with Crippen LogP contribution < -0.4 is 9.47 Å². The van der Waals surface area contributed by atoms with E-state index in [4.69, 9.17) is 9.47 Å². The number of methoxy groups -OCH3 is 2. The maximum absolute atomic E-state index is 14.2. The minimum atomic E-state index is -0.00748. The third kappa shape index (κ3) is 3.49. The van der Waals surface area contributed by atoms with Crippen LogP contribution in [0.5, 0.6) is 11.5 Å². The molecule has 2 rings (SSSR count). The topological polar surface area (TPSA) is 18.5 Å². The van der Waals surface area contributed by atoms with Crippen molar-refractivity contribution in [3.63, 3.8) is 0 Å². The fraction of sp³-hybridized carbons (Fsp3) is 0.500. The van der Waals surface area contributed by atoms with E-state index < -0.39 is 0 Å². The van der Waals surface area contributed by atoms with Crippen LogP contribution in [0.3, 0.4) is 0 Å². The minimum absolute atomic E-state index is 0.00748. The summed E-state index contributed by atoms with van der Waals surface area (Å²) in [6.45, 7) is 0. The predicted molar refractivity (Wildman–Crippen MR) is 75.2 cm³/mol. The van der Waals surface area contributed by atoms with E-state index in [1.165, 1.54) is 6.42 Å². The third-order valence-electron chi connectivity index (χ3n) is 3.71. The maximum Gasteiger partial charge on any atom is 0.161 e. The molecule has 2 nitrogen and oxygen atoms in total. The van der Waals surface area contributed by atoms with Crippen molar-refractivity contribution in [1.82, 2.24) is 0 Å². The van der Waals surface area contributed by atoms with Gasteiger partial charge in [-0.1, -0.05) is 25.3 Å². The summed E-state index contributed by atoms with van der Waals surface area (Å²) in [7, 11) is 3.18. The van der Waals surface area contributed by atoms with Crippen LogP contribution in [-0.4, -0.2) is 14.2 Å². The molecular weight excluding hydrogens is 243 g/mol. The Morgan fingerprint density at radius 3 is 2.42 bits per heavy atom. The normalized spacial score (nSPS) is 17.3. The molecule has 19 heavy (non-hydrogen) atoms. The van der Waals surface area contributed by atoms with Gasteiger partial charge in [0.05, 0.1) is 14.2 Å². The van der Waals surface area contributed by atoms with Gasteiger partial charge in [0.2, 0.25) is 0 Å². The second-order valence-corrected chi connectivity index (χ2v) is 4.98. The molecule has 0 spiro atoms. The number of ether oxygens (including phenoxy) is 2. The molecule has 1 aliphatic carbocycles. The molecule has 0 atom stereocenters. The Labute approximate surface area is 114 Å². The van der Waals surface area contributed by atoms with Gasteiger partial charge in [0.1, 0.15) is 5.83 Å². The second-order valence-electron chi connectivity index (χ2n) is 4.98. The van der Waals surface area contributed by atoms with Crippen molar-refractivity contribution in [3.8, 4) is 11.5 Å². The first-order valence-electron chi connectivity index (χ1n) is 6.83. The summed E-state index contributed by atoms with van der Waals surface area (Å²) in [6, 6.07) is 5.46. The average molecular weight is 264 g/mol. The number of hydrogen-bond donors (Lipinski definition) is 0. The average Bonchev–Trinajstić information content (AvgIpc) is 2.48. The van der Waals surface area contributed by atoms with Gasteiger partial charge in [-0.25, -0.2) is 4.39 Å². The number of hydrogen-bond acceptors (Lipinski definition) is 2. The van der Waals surface area contributed by atoms with Gasteiger partial charge < -0.3 is 9.47 Å². The first kappa shape index (κ1) is 13.9. The van der Waals surface area contributed by atoms with Crippen LogP contribution in [0.25, 0.3) is 6.08 Å². The lowest BCUT2D eigenvalue weighted by Gasteiger charge is -2.19. The van der Waals surface area contributed by atoms with Crippen molar-refractivity contribution in [2.45, 2.75) is 32.1 Å². The molecule has 0 bridgehead atoms. The smallest absolute Gasteiger partial charge is 0.161 e. The number of allylic oxidation sites excluding steroid dienone is 1. The molecule has 0 N–H and O–H groups in total. The Morgan fingerprint density at radius 1 is 1.11 bits per heavy atom. The summed E-state index contributed by atoms with van der Waals surface area (Å²) in [5, 5.41) is 0. The SMILES string of the molecule is COc1ccc(/C=C(\F)C2CCCCC2)cc1OC. The van der Waals surface area contributed by atoms with Gasteiger partial charge in [0.25, 0.3) is 0 Å². The van der Waals surface area contributed by atoms with Gasteiger partial charge in [0, 0.05) is 5.92 Å². The molecule has 0 unspecified atom stereocenters. The van der Waals surface area contributed by atoms with Gasteiger partial charge >= 0.3 is 0 Å². The van der Waals surface area contributed by atoms with Crippen molar-refractivity contribution >= 4 is 6.08 Å². The summed E-state index contributed by atoms with van der Waals surface area (Å²) in [4.78, 5) is 0. The molecule has 0 aliphatic heterocycles. The fourth-order valence-corrected chi connectivity index (χ4v) is 2.60. The highest BCUT2D eigenvalue weighted by Crippen LogP contribution is 2.33. The van der Waals surface area contributed by atoms with E-state index in [1.54, 1.807) is 32.4 Å². The van der Waals surface area contributed by atoms with E-state index in [0.29, 0.717) is 11.5 Å². The molecule has 0 saturated heterocycles. The van der Waals surface area contributed by atoms with Crippen LogP contribution >= 0.6 is 0 Å². The van der Waals surface area contributed by atoms with Crippen molar-refractivity contribution in [2.24, 2.45) is 5.92 Å². The molecule has 0 radical (unpaired) electrons. The number of halogens is 1. The van der Waals surface area contributed by atoms with E-state index in [9.17, 15) is 4.39 Å². The Balaban J connectivity index is 2.16. The first-order valence-corrected chi connectivity index (χ1v) is 6.83. The minimum Gasteiger partial charge on any atom is -0.493 e. The Bertz CT molecular complexity index is 448. The quantitative estimate of drug-likeness (QED) is 0.791. The van der Waals surface area contributed by atoms with Crippen LogP contribution in [0, 0.1) is 5.92 Å². The number of rotatable bonds is 4. The number of benzene rings is 1. The van der Waals surface area contributed by atoms with E-state index >= 15 is 0 Å². The van der Waals surface area contributed by atoms with Crippen molar-refractivity contribution in [2.75, 3.05) is 14.2 Å². The van der Waals surface area contributed by atoms with Crippen LogP contribution in [-0.2, 0) is 0 Å². The van der Waals surface area contributed by atoms with E-state index in [1.807, 2.05) is 6.07 Å². The molecule has 1 fully saturated rings. The lowest BCUT2D eigenvalue weighted by atomic mass is 9.88. The van der Waals surface area contributed by atoms with Crippen LogP contribution in [0.15, 0.2) is 24.0 Å². The Hall–Kier alpha value is -1.51. The standard InChI is InChI=1S/C16H21FO2/c1-18-15-9-8-12(11-16(15)19-2)10-14(17)13-6-4-3-5-7-13/h8-11,13H,3-7H2,1-2H3/b14-10-. The van der Waals surface area contributed by atoms with Gasteiger partial charge in [-0.15, -0.1) is 0 Å². The van der Waals surface area contributed by atoms with E-state index in [0.717, 1.165) is 31.2 Å². The lowest BCUT2D eigenvalue weighted by molar-refractivity contribution is 0.350. The molecule has 1 aromatic rings. The molecule has 3 heteroatoms. The zero-order valence-electron chi connectivity index (χ0n) is 11.6. The fourth-order valence-electron chi connectivity index (χ4n) is 2.60. The van der Waals surface area contributed by atoms with Crippen molar-refractivity contribution in [3.05, 3.63) is 29.6 Å². The summed E-state index contributed by atoms with van der Waals surface area (Å²) in [5.41, 5.74) is 0.820. The Kier molecular flexibility index (Phi) is 4.83. The largest absolute Gasteiger partial charge is 0.493 e.